The van der Waals surface area contributed by atoms with Gasteiger partial charge in [0, 0.05) is 36.1 Å². The molecule has 190 valence electrons. The zero-order valence-corrected chi connectivity index (χ0v) is 21.6. The number of carbonyl (C=O) groups is 2. The van der Waals surface area contributed by atoms with Gasteiger partial charge in [-0.3, -0.25) is 14.5 Å². The molecule has 5 rings (SSSR count). The smallest absolute Gasteiger partial charge is 0.271 e. The third-order valence-electron chi connectivity index (χ3n) is 8.82. The predicted molar refractivity (Wildman–Crippen MR) is 141 cm³/mol. The highest BCUT2D eigenvalue weighted by atomic mass is 16.2. The van der Waals surface area contributed by atoms with Crippen LogP contribution in [-0.4, -0.2) is 63.4 Å². The molecule has 0 spiro atoms. The number of para-hydroxylation sites is 1. The van der Waals surface area contributed by atoms with Crippen LogP contribution in [0.1, 0.15) is 88.5 Å². The molecule has 1 N–H and O–H groups in total. The quantitative estimate of drug-likeness (QED) is 0.661. The molecule has 6 heteroatoms. The molecule has 0 unspecified atom stereocenters. The van der Waals surface area contributed by atoms with Crippen LogP contribution in [0.5, 0.6) is 0 Å². The summed E-state index contributed by atoms with van der Waals surface area (Å²) in [4.78, 5) is 32.3. The Kier molecular flexibility index (Phi) is 7.19. The molecular weight excluding hydrogens is 436 g/mol. The van der Waals surface area contributed by atoms with E-state index in [1.807, 2.05) is 30.0 Å². The Balaban J connectivity index is 1.43. The normalized spacial score (nSPS) is 26.9. The predicted octanol–water partition coefficient (Wildman–Crippen LogP) is 4.96. The third kappa shape index (κ3) is 4.87. The summed E-state index contributed by atoms with van der Waals surface area (Å²) in [5.41, 5.74) is 0.826. The van der Waals surface area contributed by atoms with E-state index in [0.717, 1.165) is 36.8 Å². The van der Waals surface area contributed by atoms with Crippen molar-refractivity contribution in [3.05, 3.63) is 36.0 Å². The van der Waals surface area contributed by atoms with Crippen molar-refractivity contribution >= 4 is 22.7 Å². The summed E-state index contributed by atoms with van der Waals surface area (Å²) >= 11 is 0. The molecule has 0 radical (unpaired) electrons. The van der Waals surface area contributed by atoms with E-state index in [9.17, 15) is 9.59 Å². The minimum atomic E-state index is -0.909. The number of hydrogen-bond donors (Lipinski definition) is 1. The van der Waals surface area contributed by atoms with Gasteiger partial charge >= 0.3 is 0 Å². The average molecular weight is 479 g/mol. The molecule has 1 aliphatic carbocycles. The molecular formula is C29H42N4O2. The summed E-state index contributed by atoms with van der Waals surface area (Å²) in [6.45, 7) is 7.25. The van der Waals surface area contributed by atoms with Gasteiger partial charge in [0.25, 0.3) is 5.91 Å². The van der Waals surface area contributed by atoms with E-state index in [1.165, 1.54) is 51.4 Å². The van der Waals surface area contributed by atoms with Crippen LogP contribution < -0.4 is 5.32 Å². The maximum Gasteiger partial charge on any atom is 0.271 e. The summed E-state index contributed by atoms with van der Waals surface area (Å²) < 4.78 is 2.08. The molecule has 2 aliphatic heterocycles. The van der Waals surface area contributed by atoms with E-state index in [0.29, 0.717) is 24.8 Å². The van der Waals surface area contributed by atoms with Crippen LogP contribution in [0, 0.1) is 0 Å². The van der Waals surface area contributed by atoms with Gasteiger partial charge in [-0.25, -0.2) is 0 Å². The highest BCUT2D eigenvalue weighted by molar-refractivity contribution is 6.03. The Bertz CT molecular complexity index is 1050. The SMILES string of the molecule is C[C@@H]1CCCCN1CCN1C(=O)c2cc3ccccc3n2C[C@]1(C)C(=O)NC1CCCCCCC1. The maximum absolute atomic E-state index is 14.0. The second kappa shape index (κ2) is 10.3. The lowest BCUT2D eigenvalue weighted by atomic mass is 9.92. The standard InChI is InChI=1S/C29H42N4O2/c1-22-12-10-11-17-31(22)18-19-33-27(34)26-20-23-13-8-9-16-25(23)32(26)21-29(33,2)28(35)30-24-14-6-4-3-5-7-15-24/h8-9,13,16,20,22,24H,3-7,10-12,14-15,17-19,21H2,1-2H3,(H,30,35)/t22-,29-/m1/s1. The Morgan fingerprint density at radius 1 is 1.00 bits per heavy atom. The van der Waals surface area contributed by atoms with Crippen LogP contribution >= 0.6 is 0 Å². The van der Waals surface area contributed by atoms with Crippen molar-refractivity contribution in [1.29, 1.82) is 0 Å². The number of rotatable bonds is 5. The molecule has 1 saturated carbocycles. The number of amides is 2. The van der Waals surface area contributed by atoms with Gasteiger partial charge in [0.1, 0.15) is 11.2 Å². The van der Waals surface area contributed by atoms with Crippen molar-refractivity contribution in [2.45, 2.75) is 102 Å². The van der Waals surface area contributed by atoms with Crippen molar-refractivity contribution < 1.29 is 9.59 Å². The van der Waals surface area contributed by atoms with Crippen molar-refractivity contribution in [3.8, 4) is 0 Å². The Hall–Kier alpha value is -2.34. The first kappa shape index (κ1) is 24.4. The number of nitrogens with one attached hydrogen (secondary N) is 1. The molecule has 1 aromatic heterocycles. The fourth-order valence-corrected chi connectivity index (χ4v) is 6.52. The van der Waals surface area contributed by atoms with Crippen molar-refractivity contribution in [2.24, 2.45) is 0 Å². The molecule has 2 amide bonds. The summed E-state index contributed by atoms with van der Waals surface area (Å²) in [6, 6.07) is 10.9. The molecule has 2 atom stereocenters. The topological polar surface area (TPSA) is 57.6 Å². The molecule has 0 bridgehead atoms. The van der Waals surface area contributed by atoms with Crippen molar-refractivity contribution in [1.82, 2.24) is 19.7 Å². The zero-order valence-electron chi connectivity index (χ0n) is 21.6. The number of likely N-dealkylation sites (tertiary alicyclic amines) is 1. The Labute approximate surface area is 210 Å². The summed E-state index contributed by atoms with van der Waals surface area (Å²) in [5, 5.41) is 4.47. The van der Waals surface area contributed by atoms with Crippen molar-refractivity contribution in [2.75, 3.05) is 19.6 Å². The van der Waals surface area contributed by atoms with Gasteiger partial charge in [-0.2, -0.15) is 0 Å². The number of aromatic nitrogens is 1. The van der Waals surface area contributed by atoms with Crippen molar-refractivity contribution in [3.63, 3.8) is 0 Å². The first-order valence-electron chi connectivity index (χ1n) is 13.9. The fraction of sp³-hybridized carbons (Fsp3) is 0.655. The van der Waals surface area contributed by atoms with Crippen LogP contribution in [-0.2, 0) is 11.3 Å². The van der Waals surface area contributed by atoms with E-state index < -0.39 is 5.54 Å². The van der Waals surface area contributed by atoms with Gasteiger partial charge < -0.3 is 14.8 Å². The second-order valence-corrected chi connectivity index (χ2v) is 11.3. The number of nitrogens with zero attached hydrogens (tertiary/aromatic N) is 3. The van der Waals surface area contributed by atoms with E-state index in [1.54, 1.807) is 0 Å². The molecule has 3 heterocycles. The van der Waals surface area contributed by atoms with E-state index >= 15 is 0 Å². The van der Waals surface area contributed by atoms with Crippen LogP contribution in [0.4, 0.5) is 0 Å². The lowest BCUT2D eigenvalue weighted by Gasteiger charge is -2.46. The maximum atomic E-state index is 14.0. The van der Waals surface area contributed by atoms with Gasteiger partial charge in [-0.1, -0.05) is 56.7 Å². The van der Waals surface area contributed by atoms with Gasteiger partial charge in [0.05, 0.1) is 6.54 Å². The lowest BCUT2D eigenvalue weighted by Crippen LogP contribution is -2.66. The van der Waals surface area contributed by atoms with E-state index in [4.69, 9.17) is 0 Å². The second-order valence-electron chi connectivity index (χ2n) is 11.3. The van der Waals surface area contributed by atoms with Crippen LogP contribution in [0.25, 0.3) is 10.9 Å². The summed E-state index contributed by atoms with van der Waals surface area (Å²) in [7, 11) is 0. The molecule has 2 fully saturated rings. The number of hydrogen-bond acceptors (Lipinski definition) is 3. The fourth-order valence-electron chi connectivity index (χ4n) is 6.52. The minimum absolute atomic E-state index is 0.00606. The molecule has 6 nitrogen and oxygen atoms in total. The van der Waals surface area contributed by atoms with Gasteiger partial charge in [-0.15, -0.1) is 0 Å². The number of carbonyl (C=O) groups excluding carboxylic acids is 2. The van der Waals surface area contributed by atoms with Crippen LogP contribution in [0.15, 0.2) is 30.3 Å². The average Bonchev–Trinajstić information content (AvgIpc) is 3.20. The van der Waals surface area contributed by atoms with E-state index in [2.05, 4.69) is 33.8 Å². The Morgan fingerprint density at radius 3 is 2.49 bits per heavy atom. The minimum Gasteiger partial charge on any atom is -0.351 e. The molecule has 1 aromatic carbocycles. The first-order chi connectivity index (χ1) is 17.0. The highest BCUT2D eigenvalue weighted by Crippen LogP contribution is 2.33. The lowest BCUT2D eigenvalue weighted by molar-refractivity contribution is -0.133. The largest absolute Gasteiger partial charge is 0.351 e. The van der Waals surface area contributed by atoms with Gasteiger partial charge in [0.2, 0.25) is 5.91 Å². The highest BCUT2D eigenvalue weighted by Gasteiger charge is 2.48. The summed E-state index contributed by atoms with van der Waals surface area (Å²) in [5.74, 6) is -0.0148. The molecule has 3 aliphatic rings. The third-order valence-corrected chi connectivity index (χ3v) is 8.82. The number of benzene rings is 1. The summed E-state index contributed by atoms with van der Waals surface area (Å²) in [6.07, 6.45) is 11.9. The monoisotopic (exact) mass is 478 g/mol. The molecule has 2 aromatic rings. The first-order valence-corrected chi connectivity index (χ1v) is 13.9. The van der Waals surface area contributed by atoms with Crippen LogP contribution in [0.3, 0.4) is 0 Å². The number of piperidine rings is 1. The van der Waals surface area contributed by atoms with E-state index in [-0.39, 0.29) is 17.9 Å². The Morgan fingerprint density at radius 2 is 1.71 bits per heavy atom. The number of fused-ring (bicyclic) bond motifs is 3. The van der Waals surface area contributed by atoms with Gasteiger partial charge in [0.15, 0.2) is 0 Å². The molecule has 35 heavy (non-hydrogen) atoms. The van der Waals surface area contributed by atoms with Gasteiger partial charge in [-0.05, 0) is 58.2 Å². The zero-order chi connectivity index (χ0) is 24.4. The molecule has 1 saturated heterocycles. The van der Waals surface area contributed by atoms with Crippen LogP contribution in [0.2, 0.25) is 0 Å².